The van der Waals surface area contributed by atoms with Gasteiger partial charge in [-0.15, -0.1) is 0 Å². The van der Waals surface area contributed by atoms with Crippen molar-refractivity contribution in [1.82, 2.24) is 5.32 Å². The molecule has 1 aliphatic carbocycles. The molecule has 1 saturated carbocycles. The average Bonchev–Trinajstić information content (AvgIpc) is 2.73. The van der Waals surface area contributed by atoms with Gasteiger partial charge in [0.15, 0.2) is 0 Å². The minimum absolute atomic E-state index is 0.106. The molecule has 0 unspecified atom stereocenters. The molecule has 0 aromatic rings. The van der Waals surface area contributed by atoms with Gasteiger partial charge in [0.25, 0.3) is 0 Å². The predicted molar refractivity (Wildman–Crippen MR) is 80.9 cm³/mol. The van der Waals surface area contributed by atoms with Crippen LogP contribution in [0.4, 0.5) is 4.79 Å². The third-order valence-corrected chi connectivity index (χ3v) is 3.70. The van der Waals surface area contributed by atoms with Crippen molar-refractivity contribution in [2.75, 3.05) is 5.75 Å². The molecule has 1 N–H and O–H groups in total. The van der Waals surface area contributed by atoms with Crippen LogP contribution < -0.4 is 5.32 Å². The fraction of sp³-hybridized carbons (Fsp3) is 0.600. The Kier molecular flexibility index (Phi) is 6.51. The lowest BCUT2D eigenvalue weighted by molar-refractivity contribution is 0.0497. The van der Waals surface area contributed by atoms with E-state index in [-0.39, 0.29) is 12.1 Å². The van der Waals surface area contributed by atoms with Crippen molar-refractivity contribution >= 4 is 17.9 Å². The van der Waals surface area contributed by atoms with E-state index in [0.717, 1.165) is 5.75 Å². The summed E-state index contributed by atoms with van der Waals surface area (Å²) in [5.41, 5.74) is -0.454. The number of hydrogen-bond acceptors (Lipinski definition) is 3. The van der Waals surface area contributed by atoms with Crippen molar-refractivity contribution in [1.29, 1.82) is 0 Å². The van der Waals surface area contributed by atoms with Crippen LogP contribution in [0.2, 0.25) is 0 Å². The zero-order valence-electron chi connectivity index (χ0n) is 12.4. The molecule has 0 heterocycles. The Morgan fingerprint density at radius 3 is 2.37 bits per heavy atom. The maximum atomic E-state index is 11.8. The number of thioether (sulfide) groups is 1. The summed E-state index contributed by atoms with van der Waals surface area (Å²) in [6, 6.07) is 0.106. The van der Waals surface area contributed by atoms with Crippen molar-refractivity contribution < 1.29 is 9.53 Å². The van der Waals surface area contributed by atoms with Crippen LogP contribution in [-0.2, 0) is 4.74 Å². The molecular weight excluding hydrogens is 258 g/mol. The van der Waals surface area contributed by atoms with Gasteiger partial charge >= 0.3 is 6.09 Å². The van der Waals surface area contributed by atoms with Gasteiger partial charge in [-0.25, -0.2) is 4.79 Å². The molecule has 0 saturated heterocycles. The number of hydrogen-bond donors (Lipinski definition) is 1. The number of carbonyl (C=O) groups excluding carboxylic acids is 1. The number of ether oxygens (including phenoxy) is 1. The second-order valence-corrected chi connectivity index (χ2v) is 7.02. The molecule has 0 aromatic carbocycles. The first-order chi connectivity index (χ1) is 8.78. The van der Waals surface area contributed by atoms with Crippen LogP contribution in [0.15, 0.2) is 0 Å². The third-order valence-electron chi connectivity index (χ3n) is 2.57. The topological polar surface area (TPSA) is 38.3 Å². The van der Waals surface area contributed by atoms with Gasteiger partial charge in [0.1, 0.15) is 5.60 Å². The fourth-order valence-corrected chi connectivity index (χ4v) is 2.69. The van der Waals surface area contributed by atoms with Crippen molar-refractivity contribution in [2.45, 2.75) is 46.3 Å². The summed E-state index contributed by atoms with van der Waals surface area (Å²) in [6.45, 7) is 9.82. The normalized spacial score (nSPS) is 18.6. The molecule has 19 heavy (non-hydrogen) atoms. The highest BCUT2D eigenvalue weighted by atomic mass is 32.2. The van der Waals surface area contributed by atoms with Gasteiger partial charge in [0.05, 0.1) is 0 Å². The summed E-state index contributed by atoms with van der Waals surface area (Å²) >= 11 is 1.75. The van der Waals surface area contributed by atoms with Gasteiger partial charge in [-0.1, -0.05) is 13.8 Å². The number of carbonyl (C=O) groups is 1. The van der Waals surface area contributed by atoms with E-state index in [4.69, 9.17) is 4.74 Å². The lowest BCUT2D eigenvalue weighted by Crippen LogP contribution is -2.43. The standard InChI is InChI=1S/C15H24NO2S/c1-11(2)13(10-19-12-8-6-7-9-12)16-14(17)18-15(3,4)5/h6-9,11,13H,10H2,1-5H3,(H,16,17)/t13-/m1/s1. The summed E-state index contributed by atoms with van der Waals surface area (Å²) < 4.78 is 5.30. The van der Waals surface area contributed by atoms with Crippen LogP contribution in [0.1, 0.15) is 34.6 Å². The molecule has 1 aliphatic rings. The summed E-state index contributed by atoms with van der Waals surface area (Å²) in [5, 5.41) is 4.19. The van der Waals surface area contributed by atoms with Crippen LogP contribution in [0.3, 0.4) is 0 Å². The van der Waals surface area contributed by atoms with Crippen molar-refractivity contribution in [2.24, 2.45) is 5.92 Å². The first-order valence-electron chi connectivity index (χ1n) is 6.62. The summed E-state index contributed by atoms with van der Waals surface area (Å²) in [5.74, 6) is 1.22. The molecule has 0 aliphatic heterocycles. The second kappa shape index (κ2) is 7.41. The van der Waals surface area contributed by atoms with Crippen LogP contribution >= 0.6 is 11.8 Å². The lowest BCUT2D eigenvalue weighted by Gasteiger charge is -2.26. The SMILES string of the molecule is CC(C)[C@@H](CS[C]1[CH][CH][CH][CH]1)NC(=O)OC(C)(C)C. The second-order valence-electron chi connectivity index (χ2n) is 5.93. The van der Waals surface area contributed by atoms with Crippen LogP contribution in [-0.4, -0.2) is 23.5 Å². The van der Waals surface area contributed by atoms with E-state index in [1.165, 1.54) is 5.25 Å². The molecule has 4 heteroatoms. The average molecular weight is 282 g/mol. The molecule has 1 atom stereocenters. The molecule has 0 aromatic heterocycles. The first-order valence-corrected chi connectivity index (χ1v) is 7.60. The Bertz CT molecular complexity index is 280. The van der Waals surface area contributed by atoms with Gasteiger partial charge in [-0.05, 0) is 52.4 Å². The molecule has 0 bridgehead atoms. The Hall–Kier alpha value is -0.380. The zero-order valence-corrected chi connectivity index (χ0v) is 13.2. The molecule has 1 amide bonds. The van der Waals surface area contributed by atoms with E-state index in [1.54, 1.807) is 11.8 Å². The van der Waals surface area contributed by atoms with E-state index in [9.17, 15) is 4.79 Å². The van der Waals surface area contributed by atoms with E-state index in [2.05, 4.69) is 32.0 Å². The van der Waals surface area contributed by atoms with Gasteiger partial charge in [0.2, 0.25) is 0 Å². The molecule has 1 fully saturated rings. The highest BCUT2D eigenvalue weighted by Gasteiger charge is 2.24. The summed E-state index contributed by atoms with van der Waals surface area (Å²) in [4.78, 5) is 11.8. The van der Waals surface area contributed by atoms with E-state index >= 15 is 0 Å². The Labute approximate surface area is 122 Å². The van der Waals surface area contributed by atoms with Crippen molar-refractivity contribution in [3.8, 4) is 0 Å². The van der Waals surface area contributed by atoms with Gasteiger partial charge in [0, 0.05) is 17.0 Å². The largest absolute Gasteiger partial charge is 0.444 e. The quantitative estimate of drug-likeness (QED) is 0.837. The monoisotopic (exact) mass is 282 g/mol. The molecule has 1 rings (SSSR count). The minimum atomic E-state index is -0.454. The zero-order chi connectivity index (χ0) is 14.5. The Morgan fingerprint density at radius 2 is 1.89 bits per heavy atom. The maximum Gasteiger partial charge on any atom is 0.407 e. The third kappa shape index (κ3) is 7.09. The van der Waals surface area contributed by atoms with E-state index in [0.29, 0.717) is 5.92 Å². The van der Waals surface area contributed by atoms with Crippen LogP contribution in [0.25, 0.3) is 0 Å². The molecule has 107 valence electrons. The maximum absolute atomic E-state index is 11.8. The number of nitrogens with one attached hydrogen (secondary N) is 1. The first kappa shape index (κ1) is 16.7. The highest BCUT2D eigenvalue weighted by Crippen LogP contribution is 2.34. The Balaban J connectivity index is 2.37. The minimum Gasteiger partial charge on any atom is -0.444 e. The molecule has 5 radical (unpaired) electrons. The fourth-order valence-electron chi connectivity index (χ4n) is 1.50. The summed E-state index contributed by atoms with van der Waals surface area (Å²) in [6.07, 6.45) is 7.86. The van der Waals surface area contributed by atoms with E-state index < -0.39 is 5.60 Å². The molecular formula is C15H24NO2S. The highest BCUT2D eigenvalue weighted by molar-refractivity contribution is 8.02. The summed E-state index contributed by atoms with van der Waals surface area (Å²) in [7, 11) is 0. The van der Waals surface area contributed by atoms with Crippen molar-refractivity contribution in [3.05, 3.63) is 30.9 Å². The number of rotatable bonds is 5. The van der Waals surface area contributed by atoms with Crippen LogP contribution in [0, 0.1) is 36.9 Å². The Morgan fingerprint density at radius 1 is 1.32 bits per heavy atom. The van der Waals surface area contributed by atoms with Gasteiger partial charge in [-0.2, -0.15) is 11.8 Å². The van der Waals surface area contributed by atoms with Gasteiger partial charge in [-0.3, -0.25) is 0 Å². The lowest BCUT2D eigenvalue weighted by atomic mass is 10.1. The van der Waals surface area contributed by atoms with Crippen LogP contribution in [0.5, 0.6) is 0 Å². The van der Waals surface area contributed by atoms with Crippen molar-refractivity contribution in [3.63, 3.8) is 0 Å². The predicted octanol–water partition coefficient (Wildman–Crippen LogP) is 3.63. The number of amides is 1. The van der Waals surface area contributed by atoms with E-state index in [1.807, 2.05) is 33.6 Å². The smallest absolute Gasteiger partial charge is 0.407 e. The van der Waals surface area contributed by atoms with Gasteiger partial charge < -0.3 is 10.1 Å². The molecule has 0 spiro atoms. The molecule has 3 nitrogen and oxygen atoms in total. The number of alkyl carbamates (subject to hydrolysis) is 1.